The number of benzene rings is 4. The van der Waals surface area contributed by atoms with Gasteiger partial charge in [-0.25, -0.2) is 4.79 Å². The molecule has 4 aromatic rings. The number of carbonyl (C=O) groups excluding carboxylic acids is 2. The van der Waals surface area contributed by atoms with Crippen LogP contribution in [0.5, 0.6) is 5.75 Å². The maximum Gasteiger partial charge on any atom is 0.339 e. The highest BCUT2D eigenvalue weighted by Gasteiger charge is 2.24. The first-order chi connectivity index (χ1) is 20.1. The van der Waals surface area contributed by atoms with Crippen LogP contribution in [0.3, 0.4) is 0 Å². The van der Waals surface area contributed by atoms with Crippen LogP contribution in [0.1, 0.15) is 27.0 Å². The molecule has 10 heteroatoms. The third kappa shape index (κ3) is 8.15. The van der Waals surface area contributed by atoms with Crippen molar-refractivity contribution >= 4 is 34.0 Å². The second-order valence-electron chi connectivity index (χ2n) is 9.35. The molecule has 0 fully saturated rings. The molecule has 0 spiro atoms. The number of aliphatic carboxylic acids is 1. The van der Waals surface area contributed by atoms with Crippen LogP contribution in [0, 0.1) is 6.92 Å². The summed E-state index contributed by atoms with van der Waals surface area (Å²) in [6, 6.07) is 27.8. The zero-order chi connectivity index (χ0) is 30.1. The van der Waals surface area contributed by atoms with E-state index in [1.807, 2.05) is 6.92 Å². The number of nitrogens with one attached hydrogen (secondary N) is 2. The van der Waals surface area contributed by atoms with Gasteiger partial charge in [-0.2, -0.15) is 8.42 Å². The number of carbonyl (C=O) groups is 3. The summed E-state index contributed by atoms with van der Waals surface area (Å²) in [5.41, 5.74) is 2.12. The highest BCUT2D eigenvalue weighted by atomic mass is 32.2. The molecule has 1 atom stereocenters. The molecule has 3 N–H and O–H groups in total. The van der Waals surface area contributed by atoms with Crippen LogP contribution in [0.15, 0.2) is 120 Å². The molecule has 0 heterocycles. The molecule has 0 aliphatic carbocycles. The molecule has 4 rings (SSSR count). The maximum atomic E-state index is 13.3. The van der Waals surface area contributed by atoms with Crippen LogP contribution in [0.2, 0.25) is 0 Å². The van der Waals surface area contributed by atoms with E-state index in [2.05, 4.69) is 10.6 Å². The summed E-state index contributed by atoms with van der Waals surface area (Å²) in [7, 11) is -4.07. The van der Waals surface area contributed by atoms with Gasteiger partial charge in [-0.05, 0) is 60.5 Å². The van der Waals surface area contributed by atoms with Crippen molar-refractivity contribution in [3.63, 3.8) is 0 Å². The third-order valence-corrected chi connectivity index (χ3v) is 7.38. The lowest BCUT2D eigenvalue weighted by Gasteiger charge is -2.17. The molecule has 2 amide bonds. The maximum absolute atomic E-state index is 13.3. The smallest absolute Gasteiger partial charge is 0.339 e. The van der Waals surface area contributed by atoms with Crippen molar-refractivity contribution in [2.45, 2.75) is 24.3 Å². The minimum atomic E-state index is -4.07. The predicted octanol–water partition coefficient (Wildman–Crippen LogP) is 4.35. The lowest BCUT2D eigenvalue weighted by atomic mass is 10.1. The van der Waals surface area contributed by atoms with Crippen molar-refractivity contribution in [1.82, 2.24) is 10.6 Å². The zero-order valence-electron chi connectivity index (χ0n) is 22.6. The van der Waals surface area contributed by atoms with Crippen LogP contribution in [-0.4, -0.2) is 37.3 Å². The summed E-state index contributed by atoms with van der Waals surface area (Å²) < 4.78 is 30.5. The Bertz CT molecular complexity index is 1690. The molecule has 0 radical (unpaired) electrons. The number of carboxylic acids is 1. The van der Waals surface area contributed by atoms with E-state index < -0.39 is 33.9 Å². The molecule has 0 saturated carbocycles. The Morgan fingerprint density at radius 3 is 2.02 bits per heavy atom. The number of hydrogen-bond donors (Lipinski definition) is 3. The first-order valence-corrected chi connectivity index (χ1v) is 14.3. The van der Waals surface area contributed by atoms with Gasteiger partial charge in [0.05, 0.1) is 0 Å². The largest absolute Gasteiger partial charge is 0.480 e. The minimum absolute atomic E-state index is 0.00291. The Morgan fingerprint density at radius 2 is 1.43 bits per heavy atom. The van der Waals surface area contributed by atoms with Gasteiger partial charge in [0.15, 0.2) is 0 Å². The van der Waals surface area contributed by atoms with Crippen LogP contribution in [0.4, 0.5) is 0 Å². The molecule has 0 aliphatic heterocycles. The van der Waals surface area contributed by atoms with E-state index in [1.165, 1.54) is 42.5 Å². The molecule has 0 aromatic heterocycles. The number of carboxylic acid groups (broad SMARTS) is 1. The second-order valence-corrected chi connectivity index (χ2v) is 10.9. The van der Waals surface area contributed by atoms with Crippen LogP contribution in [0.25, 0.3) is 6.08 Å². The topological polar surface area (TPSA) is 139 Å². The van der Waals surface area contributed by atoms with Crippen molar-refractivity contribution < 1.29 is 32.1 Å². The van der Waals surface area contributed by atoms with E-state index in [4.69, 9.17) is 4.18 Å². The lowest BCUT2D eigenvalue weighted by molar-refractivity contribution is -0.141. The fraction of sp³-hybridized carbons (Fsp3) is 0.0938. The SMILES string of the molecule is Cc1ccc(S(=O)(=O)Oc2ccc(/C=C(/NC(=O)c3ccccc3)C(=O)N[C@@H](Cc3ccccc3)C(=O)O)cc2)cc1. The van der Waals surface area contributed by atoms with Gasteiger partial charge >= 0.3 is 16.1 Å². The van der Waals surface area contributed by atoms with Crippen molar-refractivity contribution in [1.29, 1.82) is 0 Å². The highest BCUT2D eigenvalue weighted by Crippen LogP contribution is 2.21. The van der Waals surface area contributed by atoms with Gasteiger partial charge in [-0.15, -0.1) is 0 Å². The van der Waals surface area contributed by atoms with Crippen molar-refractivity contribution in [2.24, 2.45) is 0 Å². The minimum Gasteiger partial charge on any atom is -0.480 e. The quantitative estimate of drug-likeness (QED) is 0.176. The average molecular weight is 585 g/mol. The summed E-state index contributed by atoms with van der Waals surface area (Å²) in [5, 5.41) is 14.8. The fourth-order valence-electron chi connectivity index (χ4n) is 3.89. The highest BCUT2D eigenvalue weighted by molar-refractivity contribution is 7.87. The van der Waals surface area contributed by atoms with Gasteiger partial charge in [-0.3, -0.25) is 9.59 Å². The fourth-order valence-corrected chi connectivity index (χ4v) is 4.82. The number of rotatable bonds is 11. The summed E-state index contributed by atoms with van der Waals surface area (Å²) in [5.74, 6) is -2.58. The van der Waals surface area contributed by atoms with Crippen molar-refractivity contribution in [3.8, 4) is 5.75 Å². The average Bonchev–Trinajstić information content (AvgIpc) is 2.98. The summed E-state index contributed by atoms with van der Waals surface area (Å²) in [6.45, 7) is 1.84. The Morgan fingerprint density at radius 1 is 0.833 bits per heavy atom. The van der Waals surface area contributed by atoms with E-state index in [9.17, 15) is 27.9 Å². The molecule has 9 nitrogen and oxygen atoms in total. The van der Waals surface area contributed by atoms with E-state index in [-0.39, 0.29) is 22.8 Å². The molecule has 214 valence electrons. The van der Waals surface area contributed by atoms with Gasteiger partial charge in [-0.1, -0.05) is 78.4 Å². The molecule has 0 bridgehead atoms. The molecule has 0 saturated heterocycles. The Labute approximate surface area is 243 Å². The normalized spacial score (nSPS) is 12.2. The number of amides is 2. The van der Waals surface area contributed by atoms with Crippen molar-refractivity contribution in [3.05, 3.63) is 137 Å². The summed E-state index contributed by atoms with van der Waals surface area (Å²) in [4.78, 5) is 38.1. The summed E-state index contributed by atoms with van der Waals surface area (Å²) >= 11 is 0. The van der Waals surface area contributed by atoms with Crippen molar-refractivity contribution in [2.75, 3.05) is 0 Å². The number of hydrogen-bond acceptors (Lipinski definition) is 6. The Balaban J connectivity index is 1.57. The predicted molar refractivity (Wildman–Crippen MR) is 157 cm³/mol. The van der Waals surface area contributed by atoms with Gasteiger partial charge in [0.1, 0.15) is 22.4 Å². The Hall–Kier alpha value is -5.22. The molecular formula is C32H28N2O7S. The second kappa shape index (κ2) is 13.4. The molecule has 0 unspecified atom stereocenters. The first-order valence-electron chi connectivity index (χ1n) is 12.9. The van der Waals surface area contributed by atoms with Crippen LogP contribution < -0.4 is 14.8 Å². The van der Waals surface area contributed by atoms with Crippen LogP contribution >= 0.6 is 0 Å². The molecular weight excluding hydrogens is 556 g/mol. The van der Waals surface area contributed by atoms with E-state index in [0.717, 1.165) is 5.56 Å². The van der Waals surface area contributed by atoms with Gasteiger partial charge in [0.25, 0.3) is 11.8 Å². The third-order valence-electron chi connectivity index (χ3n) is 6.12. The monoisotopic (exact) mass is 584 g/mol. The first kappa shape index (κ1) is 29.8. The molecule has 42 heavy (non-hydrogen) atoms. The standard InChI is InChI=1S/C32H28N2O7S/c1-22-12-18-27(19-13-22)42(39,40)41-26-16-14-24(15-17-26)20-28(33-30(35)25-10-6-3-7-11-25)31(36)34-29(32(37)38)21-23-8-4-2-5-9-23/h2-20,29H,21H2,1H3,(H,33,35)(H,34,36)(H,37,38)/b28-20+/t29-/m0/s1. The summed E-state index contributed by atoms with van der Waals surface area (Å²) in [6.07, 6.45) is 1.39. The lowest BCUT2D eigenvalue weighted by Crippen LogP contribution is -2.45. The molecule has 0 aliphatic rings. The number of aryl methyl sites for hydroxylation is 1. The van der Waals surface area contributed by atoms with E-state index in [0.29, 0.717) is 16.7 Å². The van der Waals surface area contributed by atoms with E-state index >= 15 is 0 Å². The van der Waals surface area contributed by atoms with Gasteiger partial charge in [0, 0.05) is 12.0 Å². The molecule has 4 aromatic carbocycles. The van der Waals surface area contributed by atoms with E-state index in [1.54, 1.807) is 72.8 Å². The zero-order valence-corrected chi connectivity index (χ0v) is 23.4. The Kier molecular flexibility index (Phi) is 9.51. The van der Waals surface area contributed by atoms with Gasteiger partial charge in [0.2, 0.25) is 0 Å². The van der Waals surface area contributed by atoms with Crippen LogP contribution in [-0.2, 0) is 26.1 Å². The van der Waals surface area contributed by atoms with Gasteiger partial charge < -0.3 is 19.9 Å².